The Labute approximate surface area is 206 Å². The molecule has 0 amide bonds. The Morgan fingerprint density at radius 2 is 1.78 bits per heavy atom. The van der Waals surface area contributed by atoms with Gasteiger partial charge in [0.05, 0.1) is 54.4 Å². The van der Waals surface area contributed by atoms with Gasteiger partial charge in [0.1, 0.15) is 0 Å². The molecule has 0 radical (unpaired) electrons. The molecule has 1 aliphatic carbocycles. The molecule has 36 heavy (non-hydrogen) atoms. The Kier molecular flexibility index (Phi) is 5.83. The van der Waals surface area contributed by atoms with E-state index in [2.05, 4.69) is 25.4 Å². The molecule has 2 atom stereocenters. The zero-order valence-corrected chi connectivity index (χ0v) is 20.3. The Morgan fingerprint density at radius 1 is 1.06 bits per heavy atom. The van der Waals surface area contributed by atoms with E-state index in [9.17, 15) is 13.2 Å². The van der Waals surface area contributed by atoms with Crippen LogP contribution in [0.3, 0.4) is 0 Å². The molecule has 1 N–H and O–H groups in total. The molecule has 0 unspecified atom stereocenters. The number of ether oxygens (including phenoxy) is 2. The number of alkyl halides is 3. The summed E-state index contributed by atoms with van der Waals surface area (Å²) in [6.07, 6.45) is 4.13. The predicted octanol–water partition coefficient (Wildman–Crippen LogP) is 3.91. The van der Waals surface area contributed by atoms with Crippen molar-refractivity contribution in [3.8, 4) is 5.82 Å². The van der Waals surface area contributed by atoms with Crippen LogP contribution >= 0.6 is 0 Å². The lowest BCUT2D eigenvalue weighted by Crippen LogP contribution is -2.46. The van der Waals surface area contributed by atoms with E-state index in [4.69, 9.17) is 9.47 Å². The van der Waals surface area contributed by atoms with Crippen molar-refractivity contribution >= 4 is 22.4 Å². The van der Waals surface area contributed by atoms with Crippen LogP contribution in [0.1, 0.15) is 44.2 Å². The molecule has 2 bridgehead atoms. The normalized spacial score (nSPS) is 26.6. The van der Waals surface area contributed by atoms with Crippen molar-refractivity contribution in [1.29, 1.82) is 0 Å². The number of pyridine rings is 1. The maximum Gasteiger partial charge on any atom is 0.435 e. The SMILES string of the molecule is COC1CCC(Nc2c(N3[C@H]4CC[C@H]3COC4)cnc3c2c(C(F)(F)F)nn3-c2ccn(C)n2)CC1. The number of methoxy groups -OCH3 is 1. The van der Waals surface area contributed by atoms with Crippen LogP contribution in [0.5, 0.6) is 0 Å². The maximum absolute atomic E-state index is 14.4. The van der Waals surface area contributed by atoms with E-state index in [0.29, 0.717) is 24.6 Å². The number of aromatic nitrogens is 5. The average Bonchev–Trinajstić information content (AvgIpc) is 3.53. The zero-order chi connectivity index (χ0) is 25.0. The van der Waals surface area contributed by atoms with Crippen LogP contribution in [0.25, 0.3) is 16.9 Å². The van der Waals surface area contributed by atoms with Crippen LogP contribution < -0.4 is 10.2 Å². The smallest absolute Gasteiger partial charge is 0.381 e. The lowest BCUT2D eigenvalue weighted by Gasteiger charge is -2.38. The van der Waals surface area contributed by atoms with E-state index in [1.165, 1.54) is 9.36 Å². The summed E-state index contributed by atoms with van der Waals surface area (Å²) in [6.45, 7) is 1.12. The summed E-state index contributed by atoms with van der Waals surface area (Å²) in [5.74, 6) is 0.288. The van der Waals surface area contributed by atoms with Crippen molar-refractivity contribution in [3.05, 3.63) is 24.2 Å². The van der Waals surface area contributed by atoms with Gasteiger partial charge in [-0.1, -0.05) is 0 Å². The van der Waals surface area contributed by atoms with Gasteiger partial charge in [0.15, 0.2) is 17.2 Å². The summed E-state index contributed by atoms with van der Waals surface area (Å²) in [7, 11) is 3.42. The largest absolute Gasteiger partial charge is 0.435 e. The highest BCUT2D eigenvalue weighted by atomic mass is 19.4. The number of hydrogen-bond donors (Lipinski definition) is 1. The summed E-state index contributed by atoms with van der Waals surface area (Å²) >= 11 is 0. The lowest BCUT2D eigenvalue weighted by atomic mass is 9.92. The summed E-state index contributed by atoms with van der Waals surface area (Å²) in [5.41, 5.74) is 0.331. The number of fused-ring (bicyclic) bond motifs is 3. The second-order valence-corrected chi connectivity index (χ2v) is 10.0. The van der Waals surface area contributed by atoms with Crippen molar-refractivity contribution < 1.29 is 22.6 Å². The zero-order valence-electron chi connectivity index (χ0n) is 20.3. The first-order chi connectivity index (χ1) is 17.3. The molecule has 0 spiro atoms. The third kappa shape index (κ3) is 4.00. The third-order valence-electron chi connectivity index (χ3n) is 7.74. The summed E-state index contributed by atoms with van der Waals surface area (Å²) in [4.78, 5) is 6.78. The van der Waals surface area contributed by atoms with Gasteiger partial charge in [0.25, 0.3) is 0 Å². The van der Waals surface area contributed by atoms with E-state index in [1.807, 2.05) is 0 Å². The lowest BCUT2D eigenvalue weighted by molar-refractivity contribution is -0.140. The summed E-state index contributed by atoms with van der Waals surface area (Å²) in [5, 5.41) is 11.8. The Morgan fingerprint density at radius 3 is 2.39 bits per heavy atom. The molecule has 3 aromatic heterocycles. The number of halogens is 3. The van der Waals surface area contributed by atoms with Gasteiger partial charge in [-0.25, -0.2) is 4.98 Å². The first-order valence-corrected chi connectivity index (χ1v) is 12.5. The molecule has 0 aromatic carbocycles. The molecular formula is C24H30F3N7O2. The van der Waals surface area contributed by atoms with Gasteiger partial charge in [0, 0.05) is 32.5 Å². The topological polar surface area (TPSA) is 82.3 Å². The van der Waals surface area contributed by atoms with Gasteiger partial charge in [-0.2, -0.15) is 28.1 Å². The van der Waals surface area contributed by atoms with Crippen LogP contribution in [-0.4, -0.2) is 69.1 Å². The van der Waals surface area contributed by atoms with E-state index in [0.717, 1.165) is 38.5 Å². The van der Waals surface area contributed by atoms with E-state index in [1.54, 1.807) is 32.6 Å². The molecular weight excluding hydrogens is 475 g/mol. The number of nitrogens with zero attached hydrogens (tertiary/aromatic N) is 6. The number of aryl methyl sites for hydroxylation is 1. The standard InChI is InChI=1S/C24H30F3N7O2/c1-32-10-9-19(30-32)34-23-20(22(31-34)24(25,26)27)21(29-14-3-7-17(35-2)8-4-14)18(11-28-23)33-15-5-6-16(33)13-36-12-15/h9-11,14-17H,3-8,12-13H2,1-2H3,(H,28,29)/t14?,15-,16-,17?/m0/s1. The third-order valence-corrected chi connectivity index (χ3v) is 7.74. The summed E-state index contributed by atoms with van der Waals surface area (Å²) < 4.78 is 57.3. The van der Waals surface area contributed by atoms with Crippen LogP contribution in [0.2, 0.25) is 0 Å². The van der Waals surface area contributed by atoms with Gasteiger partial charge in [-0.3, -0.25) is 4.68 Å². The van der Waals surface area contributed by atoms with Crippen molar-refractivity contribution in [3.63, 3.8) is 0 Å². The number of nitrogens with one attached hydrogen (secondary N) is 1. The Bertz CT molecular complexity index is 1230. The highest BCUT2D eigenvalue weighted by Crippen LogP contribution is 2.45. The van der Waals surface area contributed by atoms with Crippen LogP contribution in [0.15, 0.2) is 18.5 Å². The fourth-order valence-electron chi connectivity index (χ4n) is 5.96. The van der Waals surface area contributed by atoms with Crippen LogP contribution in [0.4, 0.5) is 24.5 Å². The molecule has 3 fully saturated rings. The van der Waals surface area contributed by atoms with Crippen LogP contribution in [0, 0.1) is 0 Å². The highest BCUT2D eigenvalue weighted by Gasteiger charge is 2.43. The fraction of sp³-hybridized carbons (Fsp3) is 0.625. The van der Waals surface area contributed by atoms with Crippen molar-refractivity contribution in [1.82, 2.24) is 24.5 Å². The van der Waals surface area contributed by atoms with Gasteiger partial charge in [-0.15, -0.1) is 0 Å². The minimum absolute atomic E-state index is 0.00888. The van der Waals surface area contributed by atoms with Crippen molar-refractivity contribution in [2.24, 2.45) is 7.05 Å². The first-order valence-electron chi connectivity index (χ1n) is 12.5. The molecule has 2 saturated heterocycles. The molecule has 2 aliphatic heterocycles. The molecule has 1 saturated carbocycles. The molecule has 6 rings (SSSR count). The summed E-state index contributed by atoms with van der Waals surface area (Å²) in [6, 6.07) is 1.89. The van der Waals surface area contributed by atoms with Gasteiger partial charge >= 0.3 is 6.18 Å². The minimum atomic E-state index is -4.66. The van der Waals surface area contributed by atoms with E-state index in [-0.39, 0.29) is 41.1 Å². The number of morpholine rings is 1. The second-order valence-electron chi connectivity index (χ2n) is 10.0. The molecule has 5 heterocycles. The van der Waals surface area contributed by atoms with Crippen LogP contribution in [-0.2, 0) is 22.7 Å². The molecule has 3 aromatic rings. The van der Waals surface area contributed by atoms with Gasteiger partial charge in [0.2, 0.25) is 0 Å². The molecule has 12 heteroatoms. The second kappa shape index (κ2) is 8.91. The number of anilines is 2. The number of rotatable bonds is 5. The monoisotopic (exact) mass is 505 g/mol. The quantitative estimate of drug-likeness (QED) is 0.563. The molecule has 3 aliphatic rings. The van der Waals surface area contributed by atoms with E-state index >= 15 is 0 Å². The van der Waals surface area contributed by atoms with Gasteiger partial charge in [-0.05, 0) is 38.5 Å². The highest BCUT2D eigenvalue weighted by molar-refractivity contribution is 5.99. The van der Waals surface area contributed by atoms with Crippen molar-refractivity contribution in [2.45, 2.75) is 68.9 Å². The minimum Gasteiger partial charge on any atom is -0.381 e. The van der Waals surface area contributed by atoms with E-state index < -0.39 is 11.9 Å². The van der Waals surface area contributed by atoms with Gasteiger partial charge < -0.3 is 19.7 Å². The molecule has 9 nitrogen and oxygen atoms in total. The predicted molar refractivity (Wildman–Crippen MR) is 127 cm³/mol. The maximum atomic E-state index is 14.4. The Balaban J connectivity index is 1.53. The fourth-order valence-corrected chi connectivity index (χ4v) is 5.96. The first kappa shape index (κ1) is 23.5. The number of hydrogen-bond acceptors (Lipinski definition) is 7. The molecule has 194 valence electrons. The Hall–Kier alpha value is -2.86. The van der Waals surface area contributed by atoms with Crippen molar-refractivity contribution in [2.75, 3.05) is 30.5 Å². The average molecular weight is 506 g/mol.